The van der Waals surface area contributed by atoms with Crippen LogP contribution in [0, 0.1) is 0 Å². The third-order valence-corrected chi connectivity index (χ3v) is 10.8. The summed E-state index contributed by atoms with van der Waals surface area (Å²) in [4.78, 5) is 4.68. The third-order valence-electron chi connectivity index (χ3n) is 10.8. The summed E-state index contributed by atoms with van der Waals surface area (Å²) < 4.78 is 0. The van der Waals surface area contributed by atoms with Crippen LogP contribution in [0.3, 0.4) is 0 Å². The SMILES string of the molecule is CCC(C)(C)c1ccc(N(c2ccccc2)c2ccc(-c3ccc(N(c4ccccc4)c4ccc(C(C)(CC)CC)cc4)cc3)cc2)cc1. The number of nitrogens with zero attached hydrogens (tertiary/aromatic N) is 2. The first-order valence-electron chi connectivity index (χ1n) is 17.9. The fourth-order valence-corrected chi connectivity index (χ4v) is 6.59. The van der Waals surface area contributed by atoms with Gasteiger partial charge >= 0.3 is 0 Å². The molecular formula is C47H50N2. The molecule has 0 heterocycles. The van der Waals surface area contributed by atoms with E-state index in [1.54, 1.807) is 0 Å². The molecule has 0 aliphatic rings. The van der Waals surface area contributed by atoms with Gasteiger partial charge in [0.05, 0.1) is 0 Å². The van der Waals surface area contributed by atoms with Crippen molar-refractivity contribution in [2.45, 2.75) is 71.6 Å². The molecule has 0 amide bonds. The fraction of sp³-hybridized carbons (Fsp3) is 0.234. The average Bonchev–Trinajstić information content (AvgIpc) is 3.17. The van der Waals surface area contributed by atoms with Crippen LogP contribution in [-0.2, 0) is 10.8 Å². The van der Waals surface area contributed by atoms with Crippen molar-refractivity contribution in [3.05, 3.63) is 169 Å². The van der Waals surface area contributed by atoms with E-state index in [1.165, 1.54) is 22.3 Å². The maximum absolute atomic E-state index is 2.37. The molecule has 0 radical (unpaired) electrons. The van der Waals surface area contributed by atoms with E-state index < -0.39 is 0 Å². The largest absolute Gasteiger partial charge is 0.311 e. The van der Waals surface area contributed by atoms with Gasteiger partial charge in [0.2, 0.25) is 0 Å². The van der Waals surface area contributed by atoms with Crippen LogP contribution in [0.2, 0.25) is 0 Å². The zero-order valence-electron chi connectivity index (χ0n) is 30.0. The van der Waals surface area contributed by atoms with Crippen molar-refractivity contribution in [3.8, 4) is 11.1 Å². The standard InChI is InChI=1S/C47H50N2/c1-7-46(4,5)38-24-32-44(33-25-38)48(40-16-12-10-13-17-40)42-28-20-36(21-29-42)37-22-30-43(31-23-37)49(41-18-14-11-15-19-41)45-34-26-39(27-35-45)47(6,8-2)9-3/h10-35H,7-9H2,1-6H3. The molecule has 0 fully saturated rings. The predicted octanol–water partition coefficient (Wildman–Crippen LogP) is 14.1. The molecule has 0 saturated carbocycles. The number of hydrogen-bond donors (Lipinski definition) is 0. The van der Waals surface area contributed by atoms with Crippen molar-refractivity contribution in [2.24, 2.45) is 0 Å². The highest BCUT2D eigenvalue weighted by Gasteiger charge is 2.23. The number of rotatable bonds is 12. The van der Waals surface area contributed by atoms with Gasteiger partial charge in [0.15, 0.2) is 0 Å². The van der Waals surface area contributed by atoms with E-state index in [-0.39, 0.29) is 10.8 Å². The Morgan fingerprint density at radius 2 is 0.653 bits per heavy atom. The van der Waals surface area contributed by atoms with Crippen molar-refractivity contribution >= 4 is 34.1 Å². The van der Waals surface area contributed by atoms with E-state index in [9.17, 15) is 0 Å². The fourth-order valence-electron chi connectivity index (χ4n) is 6.59. The van der Waals surface area contributed by atoms with Gasteiger partial charge in [-0.1, -0.05) is 126 Å². The Hall–Kier alpha value is -5.08. The molecule has 0 atom stereocenters. The number of benzene rings is 6. The molecule has 0 spiro atoms. The molecule has 6 aromatic carbocycles. The summed E-state index contributed by atoms with van der Waals surface area (Å²) in [5.41, 5.74) is 12.4. The summed E-state index contributed by atoms with van der Waals surface area (Å²) in [6.45, 7) is 13.8. The number of para-hydroxylation sites is 2. The highest BCUT2D eigenvalue weighted by molar-refractivity contribution is 5.80. The Morgan fingerprint density at radius 3 is 0.980 bits per heavy atom. The van der Waals surface area contributed by atoms with Gasteiger partial charge in [-0.15, -0.1) is 0 Å². The zero-order chi connectivity index (χ0) is 34.4. The summed E-state index contributed by atoms with van der Waals surface area (Å²) in [7, 11) is 0. The summed E-state index contributed by atoms with van der Waals surface area (Å²) in [6, 6.07) is 57.4. The van der Waals surface area contributed by atoms with Crippen LogP contribution >= 0.6 is 0 Å². The molecule has 2 nitrogen and oxygen atoms in total. The summed E-state index contributed by atoms with van der Waals surface area (Å²) in [6.07, 6.45) is 3.36. The van der Waals surface area contributed by atoms with Gasteiger partial charge in [0, 0.05) is 34.1 Å². The Bertz CT molecular complexity index is 1900. The number of hydrogen-bond acceptors (Lipinski definition) is 2. The minimum Gasteiger partial charge on any atom is -0.311 e. The van der Waals surface area contributed by atoms with Crippen molar-refractivity contribution in [2.75, 3.05) is 9.80 Å². The molecule has 0 bridgehead atoms. The first kappa shape index (κ1) is 33.8. The maximum atomic E-state index is 2.37. The van der Waals surface area contributed by atoms with Crippen LogP contribution in [0.1, 0.15) is 71.9 Å². The second kappa shape index (κ2) is 14.6. The van der Waals surface area contributed by atoms with E-state index in [2.05, 4.69) is 209 Å². The molecule has 49 heavy (non-hydrogen) atoms. The Kier molecular flexibility index (Phi) is 10.1. The molecule has 2 heteroatoms. The lowest BCUT2D eigenvalue weighted by Gasteiger charge is -2.29. The molecule has 6 rings (SSSR count). The third kappa shape index (κ3) is 7.20. The first-order chi connectivity index (χ1) is 23.8. The van der Waals surface area contributed by atoms with Crippen molar-refractivity contribution in [1.82, 2.24) is 0 Å². The van der Waals surface area contributed by atoms with Crippen molar-refractivity contribution < 1.29 is 0 Å². The topological polar surface area (TPSA) is 6.48 Å². The molecule has 6 aromatic rings. The quantitative estimate of drug-likeness (QED) is 0.131. The maximum Gasteiger partial charge on any atom is 0.0462 e. The van der Waals surface area contributed by atoms with Crippen molar-refractivity contribution in [1.29, 1.82) is 0 Å². The molecule has 0 aliphatic heterocycles. The van der Waals surface area contributed by atoms with E-state index in [1.807, 2.05) is 0 Å². The van der Waals surface area contributed by atoms with Gasteiger partial charge in [-0.25, -0.2) is 0 Å². The first-order valence-corrected chi connectivity index (χ1v) is 17.9. The van der Waals surface area contributed by atoms with Crippen LogP contribution in [-0.4, -0.2) is 0 Å². The lowest BCUT2D eigenvalue weighted by Crippen LogP contribution is -2.19. The van der Waals surface area contributed by atoms with Crippen molar-refractivity contribution in [3.63, 3.8) is 0 Å². The lowest BCUT2D eigenvalue weighted by atomic mass is 9.78. The Balaban J connectivity index is 1.29. The minimum absolute atomic E-state index is 0.154. The Morgan fingerprint density at radius 1 is 0.347 bits per heavy atom. The molecule has 0 saturated heterocycles. The van der Waals surface area contributed by atoms with Gasteiger partial charge in [0.1, 0.15) is 0 Å². The highest BCUT2D eigenvalue weighted by atomic mass is 15.1. The zero-order valence-corrected chi connectivity index (χ0v) is 30.0. The molecule has 0 N–H and O–H groups in total. The van der Waals surface area contributed by atoms with E-state index in [0.717, 1.165) is 53.4 Å². The Labute approximate surface area is 294 Å². The monoisotopic (exact) mass is 642 g/mol. The smallest absolute Gasteiger partial charge is 0.0462 e. The van der Waals surface area contributed by atoms with Crippen LogP contribution in [0.15, 0.2) is 158 Å². The summed E-state index contributed by atoms with van der Waals surface area (Å²) in [5, 5.41) is 0. The van der Waals surface area contributed by atoms with Crippen LogP contribution in [0.5, 0.6) is 0 Å². The molecule has 248 valence electrons. The van der Waals surface area contributed by atoms with Gasteiger partial charge in [-0.05, 0) is 125 Å². The predicted molar refractivity (Wildman–Crippen MR) is 212 cm³/mol. The summed E-state index contributed by atoms with van der Waals surface area (Å²) >= 11 is 0. The summed E-state index contributed by atoms with van der Waals surface area (Å²) in [5.74, 6) is 0. The van der Waals surface area contributed by atoms with Gasteiger partial charge in [0.25, 0.3) is 0 Å². The lowest BCUT2D eigenvalue weighted by molar-refractivity contribution is 0.439. The van der Waals surface area contributed by atoms with Gasteiger partial charge in [-0.2, -0.15) is 0 Å². The van der Waals surface area contributed by atoms with Crippen LogP contribution < -0.4 is 9.80 Å². The van der Waals surface area contributed by atoms with E-state index in [4.69, 9.17) is 0 Å². The second-order valence-corrected chi connectivity index (χ2v) is 14.0. The average molecular weight is 643 g/mol. The molecular weight excluding hydrogens is 593 g/mol. The highest BCUT2D eigenvalue weighted by Crippen LogP contribution is 2.40. The van der Waals surface area contributed by atoms with Gasteiger partial charge in [-0.3, -0.25) is 0 Å². The normalized spacial score (nSPS) is 11.7. The minimum atomic E-state index is 0.154. The second-order valence-electron chi connectivity index (χ2n) is 14.0. The van der Waals surface area contributed by atoms with Crippen LogP contribution in [0.25, 0.3) is 11.1 Å². The van der Waals surface area contributed by atoms with E-state index >= 15 is 0 Å². The number of anilines is 6. The van der Waals surface area contributed by atoms with Crippen LogP contribution in [0.4, 0.5) is 34.1 Å². The van der Waals surface area contributed by atoms with E-state index in [0.29, 0.717) is 0 Å². The molecule has 0 unspecified atom stereocenters. The van der Waals surface area contributed by atoms with Gasteiger partial charge < -0.3 is 9.80 Å². The molecule has 0 aliphatic carbocycles. The molecule has 0 aromatic heterocycles.